The number of carbonyl (C=O) groups excluding carboxylic acids is 1. The Morgan fingerprint density at radius 3 is 2.47 bits per heavy atom. The Kier molecular flexibility index (Phi) is 8.26. The third kappa shape index (κ3) is 5.70. The van der Waals surface area contributed by atoms with Gasteiger partial charge in [0, 0.05) is 31.8 Å². The van der Waals surface area contributed by atoms with Gasteiger partial charge in [-0.05, 0) is 63.2 Å². The first-order valence-electron chi connectivity index (χ1n) is 11.8. The van der Waals surface area contributed by atoms with Gasteiger partial charge in [0.2, 0.25) is 10.0 Å². The Bertz CT molecular complexity index is 1390. The minimum absolute atomic E-state index is 0.140. The molecule has 2 heterocycles. The van der Waals surface area contributed by atoms with Crippen LogP contribution in [0.2, 0.25) is 0 Å². The summed E-state index contributed by atoms with van der Waals surface area (Å²) < 4.78 is 47.0. The normalized spacial score (nSPS) is 19.6. The van der Waals surface area contributed by atoms with E-state index in [1.807, 2.05) is 43.5 Å². The molecule has 1 aliphatic rings. The first-order chi connectivity index (χ1) is 17.2. The number of ether oxygens (including phenoxy) is 3. The van der Waals surface area contributed by atoms with Crippen LogP contribution in [-0.2, 0) is 26.0 Å². The quantitative estimate of drug-likeness (QED) is 0.412. The lowest BCUT2D eigenvalue weighted by Gasteiger charge is -2.34. The summed E-state index contributed by atoms with van der Waals surface area (Å²) in [4.78, 5) is 18.1. The molecule has 9 nitrogen and oxygen atoms in total. The maximum atomic E-state index is 13.1. The molecule has 2 atom stereocenters. The molecule has 3 aromatic rings. The molecule has 0 N–H and O–H groups in total. The molecule has 1 aliphatic heterocycles. The van der Waals surface area contributed by atoms with Crippen molar-refractivity contribution in [3.63, 3.8) is 0 Å². The second kappa shape index (κ2) is 11.2. The van der Waals surface area contributed by atoms with Crippen molar-refractivity contribution in [2.75, 3.05) is 33.4 Å². The van der Waals surface area contributed by atoms with Gasteiger partial charge in [0.1, 0.15) is 5.75 Å². The summed E-state index contributed by atoms with van der Waals surface area (Å²) in [5.41, 5.74) is 1.24. The fourth-order valence-corrected chi connectivity index (χ4v) is 6.85. The van der Waals surface area contributed by atoms with Crippen LogP contribution < -0.4 is 9.54 Å². The lowest BCUT2D eigenvalue weighted by molar-refractivity contribution is -0.0440. The molecular weight excluding hydrogens is 502 g/mol. The molecule has 1 saturated heterocycles. The van der Waals surface area contributed by atoms with Gasteiger partial charge in [-0.3, -0.25) is 4.79 Å². The molecule has 0 radical (unpaired) electrons. The summed E-state index contributed by atoms with van der Waals surface area (Å²) in [7, 11) is -2.08. The molecule has 4 rings (SSSR count). The summed E-state index contributed by atoms with van der Waals surface area (Å²) in [6, 6.07) is 11.6. The third-order valence-corrected chi connectivity index (χ3v) is 8.76. The van der Waals surface area contributed by atoms with Crippen molar-refractivity contribution in [2.45, 2.75) is 44.4 Å². The van der Waals surface area contributed by atoms with E-state index in [0.717, 1.165) is 16.0 Å². The highest BCUT2D eigenvalue weighted by molar-refractivity contribution is 7.89. The summed E-state index contributed by atoms with van der Waals surface area (Å²) in [6.07, 6.45) is -0.363. The van der Waals surface area contributed by atoms with Crippen molar-refractivity contribution < 1.29 is 27.4 Å². The SMILES string of the molecule is CCOCCn1c(=NC(=O)c2ccc(S(=O)(=O)N3CC(C)OC(C)C3)cc2)sc2cc(OC)ccc21. The van der Waals surface area contributed by atoms with Crippen LogP contribution in [0.4, 0.5) is 0 Å². The molecule has 2 aromatic carbocycles. The summed E-state index contributed by atoms with van der Waals surface area (Å²) in [6.45, 7) is 7.85. The van der Waals surface area contributed by atoms with Crippen LogP contribution in [0.3, 0.4) is 0 Å². The van der Waals surface area contributed by atoms with Crippen LogP contribution in [0.1, 0.15) is 31.1 Å². The maximum Gasteiger partial charge on any atom is 0.279 e. The minimum atomic E-state index is -3.69. The number of methoxy groups -OCH3 is 1. The van der Waals surface area contributed by atoms with Gasteiger partial charge in [-0.1, -0.05) is 11.3 Å². The average Bonchev–Trinajstić information content (AvgIpc) is 3.19. The van der Waals surface area contributed by atoms with E-state index in [1.54, 1.807) is 7.11 Å². The number of aromatic nitrogens is 1. The molecule has 0 saturated carbocycles. The molecule has 1 amide bonds. The zero-order chi connectivity index (χ0) is 25.9. The molecule has 1 fully saturated rings. The zero-order valence-corrected chi connectivity index (χ0v) is 22.5. The first-order valence-corrected chi connectivity index (χ1v) is 14.1. The van der Waals surface area contributed by atoms with Crippen molar-refractivity contribution in [1.82, 2.24) is 8.87 Å². The third-order valence-electron chi connectivity index (χ3n) is 5.88. The van der Waals surface area contributed by atoms with E-state index in [2.05, 4.69) is 4.99 Å². The standard InChI is InChI=1S/C25H31N3O6S2/c1-5-33-13-12-28-22-11-8-20(32-4)14-23(22)35-25(28)26-24(29)19-6-9-21(10-7-19)36(30,31)27-15-17(2)34-18(3)16-27/h6-11,14,17-18H,5,12-13,15-16H2,1-4H3. The molecule has 194 valence electrons. The van der Waals surface area contributed by atoms with Gasteiger partial charge in [0.15, 0.2) is 4.80 Å². The predicted octanol–water partition coefficient (Wildman–Crippen LogP) is 3.29. The summed E-state index contributed by atoms with van der Waals surface area (Å²) in [5.74, 6) is 0.274. The highest BCUT2D eigenvalue weighted by Gasteiger charge is 2.32. The van der Waals surface area contributed by atoms with Gasteiger partial charge in [0.25, 0.3) is 5.91 Å². The van der Waals surface area contributed by atoms with Crippen LogP contribution in [0.15, 0.2) is 52.4 Å². The fraction of sp³-hybridized carbons (Fsp3) is 0.440. The topological polar surface area (TPSA) is 99.4 Å². The van der Waals surface area contributed by atoms with Gasteiger partial charge >= 0.3 is 0 Å². The van der Waals surface area contributed by atoms with Crippen molar-refractivity contribution in [3.05, 3.63) is 52.8 Å². The highest BCUT2D eigenvalue weighted by atomic mass is 32.2. The van der Waals surface area contributed by atoms with E-state index in [-0.39, 0.29) is 17.1 Å². The number of fused-ring (bicyclic) bond motifs is 1. The Morgan fingerprint density at radius 2 is 1.83 bits per heavy atom. The largest absolute Gasteiger partial charge is 0.497 e. The van der Waals surface area contributed by atoms with Crippen LogP contribution in [0, 0.1) is 0 Å². The van der Waals surface area contributed by atoms with E-state index in [1.165, 1.54) is 39.9 Å². The number of hydrogen-bond acceptors (Lipinski definition) is 7. The Hall–Kier alpha value is -2.57. The van der Waals surface area contributed by atoms with Gasteiger partial charge in [-0.25, -0.2) is 8.42 Å². The van der Waals surface area contributed by atoms with Gasteiger partial charge in [-0.2, -0.15) is 9.30 Å². The Balaban J connectivity index is 1.62. The molecule has 0 bridgehead atoms. The van der Waals surface area contributed by atoms with Crippen LogP contribution in [-0.4, -0.2) is 68.8 Å². The monoisotopic (exact) mass is 533 g/mol. The smallest absolute Gasteiger partial charge is 0.279 e. The number of rotatable bonds is 8. The lowest BCUT2D eigenvalue weighted by Crippen LogP contribution is -2.48. The fourth-order valence-electron chi connectivity index (χ4n) is 4.18. The van der Waals surface area contributed by atoms with Crippen LogP contribution in [0.5, 0.6) is 5.75 Å². The number of nitrogens with zero attached hydrogens (tertiary/aromatic N) is 3. The van der Waals surface area contributed by atoms with E-state index in [9.17, 15) is 13.2 Å². The van der Waals surface area contributed by atoms with E-state index >= 15 is 0 Å². The molecule has 0 spiro atoms. The van der Waals surface area contributed by atoms with E-state index < -0.39 is 15.9 Å². The van der Waals surface area contributed by atoms with Gasteiger partial charge in [-0.15, -0.1) is 0 Å². The number of hydrogen-bond donors (Lipinski definition) is 0. The summed E-state index contributed by atoms with van der Waals surface area (Å²) >= 11 is 1.39. The average molecular weight is 534 g/mol. The van der Waals surface area contributed by atoms with E-state index in [0.29, 0.717) is 43.2 Å². The number of benzene rings is 2. The minimum Gasteiger partial charge on any atom is -0.497 e. The van der Waals surface area contributed by atoms with Crippen LogP contribution in [0.25, 0.3) is 10.2 Å². The molecule has 36 heavy (non-hydrogen) atoms. The predicted molar refractivity (Wildman–Crippen MR) is 138 cm³/mol. The van der Waals surface area contributed by atoms with Gasteiger partial charge in [0.05, 0.1) is 41.0 Å². The zero-order valence-electron chi connectivity index (χ0n) is 20.8. The molecule has 11 heteroatoms. The molecule has 0 aliphatic carbocycles. The van der Waals surface area contributed by atoms with Crippen molar-refractivity contribution in [2.24, 2.45) is 4.99 Å². The second-order valence-corrected chi connectivity index (χ2v) is 11.5. The van der Waals surface area contributed by atoms with Crippen LogP contribution >= 0.6 is 11.3 Å². The first kappa shape index (κ1) is 26.5. The lowest BCUT2D eigenvalue weighted by atomic mass is 10.2. The van der Waals surface area contributed by atoms with Crippen molar-refractivity contribution in [1.29, 1.82) is 0 Å². The molecule has 2 unspecified atom stereocenters. The number of carbonyl (C=O) groups is 1. The number of sulfonamides is 1. The number of morpholine rings is 1. The molecule has 1 aromatic heterocycles. The van der Waals surface area contributed by atoms with Crippen molar-refractivity contribution >= 4 is 37.5 Å². The van der Waals surface area contributed by atoms with E-state index in [4.69, 9.17) is 14.2 Å². The Morgan fingerprint density at radius 1 is 1.14 bits per heavy atom. The van der Waals surface area contributed by atoms with Gasteiger partial charge < -0.3 is 18.8 Å². The molecular formula is C25H31N3O6S2. The number of thiazole rings is 1. The second-order valence-electron chi connectivity index (χ2n) is 8.59. The highest BCUT2D eigenvalue weighted by Crippen LogP contribution is 2.24. The maximum absolute atomic E-state index is 13.1. The number of amides is 1. The summed E-state index contributed by atoms with van der Waals surface area (Å²) in [5, 5.41) is 0. The Labute approximate surface area is 215 Å². The van der Waals surface area contributed by atoms with Crippen molar-refractivity contribution in [3.8, 4) is 5.75 Å².